The second kappa shape index (κ2) is 5.79. The molecule has 1 aromatic rings. The van der Waals surface area contributed by atoms with E-state index in [0.717, 1.165) is 19.4 Å². The first-order valence-electron chi connectivity index (χ1n) is 6.33. The molecule has 1 amide bonds. The molecule has 6 heteroatoms. The van der Waals surface area contributed by atoms with Crippen LogP contribution in [0.15, 0.2) is 24.3 Å². The van der Waals surface area contributed by atoms with Crippen molar-refractivity contribution in [3.8, 4) is 0 Å². The molecule has 2 rings (SSSR count). The Morgan fingerprint density at radius 1 is 1.53 bits per heavy atom. The van der Waals surface area contributed by atoms with E-state index < -0.39 is 4.92 Å². The lowest BCUT2D eigenvalue weighted by Gasteiger charge is -2.30. The van der Waals surface area contributed by atoms with E-state index in [-0.39, 0.29) is 24.1 Å². The predicted molar refractivity (Wildman–Crippen MR) is 70.6 cm³/mol. The van der Waals surface area contributed by atoms with Gasteiger partial charge >= 0.3 is 0 Å². The van der Waals surface area contributed by atoms with Gasteiger partial charge in [-0.3, -0.25) is 14.9 Å². The summed E-state index contributed by atoms with van der Waals surface area (Å²) in [6, 6.07) is 6.24. The highest BCUT2D eigenvalue weighted by Gasteiger charge is 2.21. The van der Waals surface area contributed by atoms with Gasteiger partial charge in [-0.2, -0.15) is 0 Å². The standard InChI is InChI=1S/C13H17N3O3/c14-11-4-2-6-15(9-11)13(17)8-10-3-1-5-12(7-10)16(18)19/h1,3,5,7,11H,2,4,6,8-9,14H2/t11-/m1/s1. The van der Waals surface area contributed by atoms with E-state index in [0.29, 0.717) is 12.1 Å². The summed E-state index contributed by atoms with van der Waals surface area (Å²) in [7, 11) is 0. The summed E-state index contributed by atoms with van der Waals surface area (Å²) in [6.07, 6.45) is 2.05. The molecule has 19 heavy (non-hydrogen) atoms. The number of carbonyl (C=O) groups excluding carboxylic acids is 1. The van der Waals surface area contributed by atoms with E-state index in [1.807, 2.05) is 0 Å². The molecule has 6 nitrogen and oxygen atoms in total. The molecule has 1 aliphatic heterocycles. The van der Waals surface area contributed by atoms with E-state index in [9.17, 15) is 14.9 Å². The van der Waals surface area contributed by atoms with Gasteiger partial charge in [0.15, 0.2) is 0 Å². The molecule has 0 aromatic heterocycles. The molecule has 0 saturated carbocycles. The van der Waals surface area contributed by atoms with E-state index >= 15 is 0 Å². The molecule has 0 radical (unpaired) electrons. The Labute approximate surface area is 111 Å². The van der Waals surface area contributed by atoms with Crippen molar-refractivity contribution in [3.05, 3.63) is 39.9 Å². The first-order valence-corrected chi connectivity index (χ1v) is 6.33. The number of nitrogens with zero attached hydrogens (tertiary/aromatic N) is 2. The summed E-state index contributed by atoms with van der Waals surface area (Å²) < 4.78 is 0. The van der Waals surface area contributed by atoms with Crippen LogP contribution in [0.4, 0.5) is 5.69 Å². The molecule has 0 aliphatic carbocycles. The van der Waals surface area contributed by atoms with Crippen LogP contribution in [0.2, 0.25) is 0 Å². The van der Waals surface area contributed by atoms with Crippen molar-refractivity contribution in [2.75, 3.05) is 13.1 Å². The zero-order chi connectivity index (χ0) is 13.8. The highest BCUT2D eigenvalue weighted by molar-refractivity contribution is 5.79. The van der Waals surface area contributed by atoms with E-state index in [1.165, 1.54) is 12.1 Å². The fraction of sp³-hybridized carbons (Fsp3) is 0.462. The highest BCUT2D eigenvalue weighted by atomic mass is 16.6. The number of hydrogen-bond donors (Lipinski definition) is 1. The van der Waals surface area contributed by atoms with Crippen molar-refractivity contribution >= 4 is 11.6 Å². The number of amides is 1. The summed E-state index contributed by atoms with van der Waals surface area (Å²) in [6.45, 7) is 1.30. The molecule has 1 heterocycles. The van der Waals surface area contributed by atoms with Gasteiger partial charge in [0.1, 0.15) is 0 Å². The monoisotopic (exact) mass is 263 g/mol. The van der Waals surface area contributed by atoms with Crippen molar-refractivity contribution in [1.82, 2.24) is 4.90 Å². The second-order valence-corrected chi connectivity index (χ2v) is 4.85. The van der Waals surface area contributed by atoms with E-state index in [1.54, 1.807) is 17.0 Å². The van der Waals surface area contributed by atoms with Gasteiger partial charge in [0.25, 0.3) is 5.69 Å². The Morgan fingerprint density at radius 2 is 2.32 bits per heavy atom. The van der Waals surface area contributed by atoms with Crippen molar-refractivity contribution < 1.29 is 9.72 Å². The van der Waals surface area contributed by atoms with Gasteiger partial charge in [0.05, 0.1) is 11.3 Å². The molecule has 2 N–H and O–H groups in total. The first kappa shape index (κ1) is 13.5. The molecule has 1 saturated heterocycles. The third-order valence-corrected chi connectivity index (χ3v) is 3.29. The van der Waals surface area contributed by atoms with Crippen molar-refractivity contribution in [2.45, 2.75) is 25.3 Å². The van der Waals surface area contributed by atoms with Crippen LogP contribution in [0.3, 0.4) is 0 Å². The lowest BCUT2D eigenvalue weighted by Crippen LogP contribution is -2.46. The fourth-order valence-electron chi connectivity index (χ4n) is 2.30. The molecule has 0 bridgehead atoms. The normalized spacial score (nSPS) is 19.2. The average molecular weight is 263 g/mol. The van der Waals surface area contributed by atoms with Crippen LogP contribution in [0.1, 0.15) is 18.4 Å². The number of nitro benzene ring substituents is 1. The molecule has 0 spiro atoms. The summed E-state index contributed by atoms with van der Waals surface area (Å²) in [5.74, 6) is -0.0179. The third kappa shape index (κ3) is 3.51. The van der Waals surface area contributed by atoms with Crippen molar-refractivity contribution in [1.29, 1.82) is 0 Å². The van der Waals surface area contributed by atoms with Crippen molar-refractivity contribution in [3.63, 3.8) is 0 Å². The van der Waals surface area contributed by atoms with Crippen LogP contribution >= 0.6 is 0 Å². The minimum atomic E-state index is -0.454. The predicted octanol–water partition coefficient (Wildman–Crippen LogP) is 1.09. The Hall–Kier alpha value is -1.95. The second-order valence-electron chi connectivity index (χ2n) is 4.85. The number of non-ortho nitro benzene ring substituents is 1. The summed E-state index contributed by atoms with van der Waals surface area (Å²) >= 11 is 0. The number of carbonyl (C=O) groups is 1. The zero-order valence-electron chi connectivity index (χ0n) is 10.6. The van der Waals surface area contributed by atoms with Crippen LogP contribution in [0, 0.1) is 10.1 Å². The first-order chi connectivity index (χ1) is 9.06. The number of likely N-dealkylation sites (tertiary alicyclic amines) is 1. The third-order valence-electron chi connectivity index (χ3n) is 3.29. The quantitative estimate of drug-likeness (QED) is 0.653. The van der Waals surface area contributed by atoms with Gasteiger partial charge in [-0.15, -0.1) is 0 Å². The van der Waals surface area contributed by atoms with Gasteiger partial charge in [0.2, 0.25) is 5.91 Å². The summed E-state index contributed by atoms with van der Waals surface area (Å²) in [4.78, 5) is 24.1. The molecule has 1 fully saturated rings. The van der Waals surface area contributed by atoms with Gasteiger partial charge in [-0.1, -0.05) is 12.1 Å². The maximum absolute atomic E-state index is 12.1. The zero-order valence-corrected chi connectivity index (χ0v) is 10.6. The van der Waals surface area contributed by atoms with Crippen LogP contribution in [0.25, 0.3) is 0 Å². The Morgan fingerprint density at radius 3 is 3.00 bits per heavy atom. The molecule has 0 unspecified atom stereocenters. The maximum Gasteiger partial charge on any atom is 0.269 e. The number of hydrogen-bond acceptors (Lipinski definition) is 4. The van der Waals surface area contributed by atoms with Gasteiger partial charge in [-0.25, -0.2) is 0 Å². The number of piperidine rings is 1. The Kier molecular flexibility index (Phi) is 4.11. The largest absolute Gasteiger partial charge is 0.341 e. The smallest absolute Gasteiger partial charge is 0.269 e. The molecular weight excluding hydrogens is 246 g/mol. The van der Waals surface area contributed by atoms with Crippen molar-refractivity contribution in [2.24, 2.45) is 5.73 Å². The molecular formula is C13H17N3O3. The fourth-order valence-corrected chi connectivity index (χ4v) is 2.30. The van der Waals surface area contributed by atoms with Crippen LogP contribution in [-0.2, 0) is 11.2 Å². The van der Waals surface area contributed by atoms with Gasteiger partial charge in [-0.05, 0) is 18.4 Å². The van der Waals surface area contributed by atoms with E-state index in [4.69, 9.17) is 5.73 Å². The van der Waals surface area contributed by atoms with Crippen LogP contribution < -0.4 is 5.73 Å². The number of nitro groups is 1. The number of benzene rings is 1. The van der Waals surface area contributed by atoms with E-state index in [2.05, 4.69) is 0 Å². The lowest BCUT2D eigenvalue weighted by atomic mass is 10.0. The lowest BCUT2D eigenvalue weighted by molar-refractivity contribution is -0.384. The topological polar surface area (TPSA) is 89.5 Å². The minimum Gasteiger partial charge on any atom is -0.341 e. The van der Waals surface area contributed by atoms with Crippen LogP contribution in [-0.4, -0.2) is 34.9 Å². The Bertz CT molecular complexity index is 490. The SMILES string of the molecule is N[C@@H]1CCCN(C(=O)Cc2cccc([N+](=O)[O-])c2)C1. The number of rotatable bonds is 3. The van der Waals surface area contributed by atoms with Crippen LogP contribution in [0.5, 0.6) is 0 Å². The Balaban J connectivity index is 2.02. The molecule has 1 aromatic carbocycles. The molecule has 1 aliphatic rings. The average Bonchev–Trinajstić information content (AvgIpc) is 2.39. The highest BCUT2D eigenvalue weighted by Crippen LogP contribution is 2.15. The minimum absolute atomic E-state index is 0.0145. The summed E-state index contributed by atoms with van der Waals surface area (Å²) in [5, 5.41) is 10.7. The summed E-state index contributed by atoms with van der Waals surface area (Å²) in [5.41, 5.74) is 6.52. The number of nitrogens with two attached hydrogens (primary N) is 1. The van der Waals surface area contributed by atoms with Gasteiger partial charge in [0, 0.05) is 31.3 Å². The molecule has 1 atom stereocenters. The van der Waals surface area contributed by atoms with Gasteiger partial charge < -0.3 is 10.6 Å². The molecule has 102 valence electrons. The maximum atomic E-state index is 12.1.